The van der Waals surface area contributed by atoms with Crippen molar-refractivity contribution in [2.45, 2.75) is 26.3 Å². The summed E-state index contributed by atoms with van der Waals surface area (Å²) in [5, 5.41) is 3.87. The third-order valence-electron chi connectivity index (χ3n) is 2.54. The maximum absolute atomic E-state index is 6.22. The van der Waals surface area contributed by atoms with Crippen LogP contribution in [0.5, 0.6) is 11.5 Å². The molecule has 0 heterocycles. The first-order valence-electron chi connectivity index (χ1n) is 6.36. The van der Waals surface area contributed by atoms with Crippen molar-refractivity contribution in [3.8, 4) is 23.8 Å². The highest BCUT2D eigenvalue weighted by Crippen LogP contribution is 2.36. The molecule has 0 bridgehead atoms. The Morgan fingerprint density at radius 3 is 2.84 bits per heavy atom. The molecule has 0 atom stereocenters. The third-order valence-corrected chi connectivity index (χ3v) is 2.82. The lowest BCUT2D eigenvalue weighted by Crippen LogP contribution is -2.14. The molecule has 0 aliphatic rings. The fourth-order valence-electron chi connectivity index (χ4n) is 1.64. The van der Waals surface area contributed by atoms with Gasteiger partial charge in [0.1, 0.15) is 0 Å². The van der Waals surface area contributed by atoms with Crippen molar-refractivity contribution >= 4 is 11.6 Å². The van der Waals surface area contributed by atoms with Gasteiger partial charge in [0.25, 0.3) is 0 Å². The van der Waals surface area contributed by atoms with Crippen LogP contribution >= 0.6 is 11.6 Å². The summed E-state index contributed by atoms with van der Waals surface area (Å²) in [6, 6.07) is 3.82. The van der Waals surface area contributed by atoms with Gasteiger partial charge in [0, 0.05) is 13.0 Å². The van der Waals surface area contributed by atoms with Crippen molar-refractivity contribution in [1.82, 2.24) is 5.32 Å². The molecule has 1 N–H and O–H groups in total. The number of hydrogen-bond acceptors (Lipinski definition) is 3. The maximum Gasteiger partial charge on any atom is 0.179 e. The number of nitrogens with one attached hydrogen (secondary N) is 1. The molecule has 1 aromatic carbocycles. The molecule has 0 aliphatic carbocycles. The predicted molar refractivity (Wildman–Crippen MR) is 78.9 cm³/mol. The summed E-state index contributed by atoms with van der Waals surface area (Å²) in [7, 11) is 1.60. The number of rotatable bonds is 8. The van der Waals surface area contributed by atoms with Gasteiger partial charge in [-0.2, -0.15) is 0 Å². The Bertz CT molecular complexity index is 441. The largest absolute Gasteiger partial charge is 0.493 e. The Balaban J connectivity index is 2.79. The molecular formula is C15H20ClNO2. The van der Waals surface area contributed by atoms with Gasteiger partial charge in [-0.1, -0.05) is 18.5 Å². The zero-order chi connectivity index (χ0) is 14.1. The highest BCUT2D eigenvalue weighted by molar-refractivity contribution is 6.32. The standard InChI is InChI=1S/C15H20ClNO2/c1-4-6-8-19-15-13(16)9-12(10-14(15)18-3)11-17-7-5-2/h1,9-10,17H,5-8,11H2,2-3H3. The highest BCUT2D eigenvalue weighted by Gasteiger charge is 2.11. The zero-order valence-corrected chi connectivity index (χ0v) is 12.2. The van der Waals surface area contributed by atoms with Crippen molar-refractivity contribution in [2.75, 3.05) is 20.3 Å². The van der Waals surface area contributed by atoms with E-state index in [-0.39, 0.29) is 0 Å². The Labute approximate surface area is 120 Å². The van der Waals surface area contributed by atoms with Crippen molar-refractivity contribution in [3.05, 3.63) is 22.7 Å². The topological polar surface area (TPSA) is 30.5 Å². The first kappa shape index (κ1) is 15.7. The monoisotopic (exact) mass is 281 g/mol. The van der Waals surface area contributed by atoms with Crippen LogP contribution in [0, 0.1) is 12.3 Å². The van der Waals surface area contributed by atoms with Gasteiger partial charge in [0.2, 0.25) is 0 Å². The van der Waals surface area contributed by atoms with E-state index >= 15 is 0 Å². The summed E-state index contributed by atoms with van der Waals surface area (Å²) in [5.74, 6) is 3.71. The smallest absolute Gasteiger partial charge is 0.179 e. The van der Waals surface area contributed by atoms with Gasteiger partial charge in [-0.15, -0.1) is 12.3 Å². The van der Waals surface area contributed by atoms with E-state index in [1.807, 2.05) is 12.1 Å². The van der Waals surface area contributed by atoms with Crippen LogP contribution < -0.4 is 14.8 Å². The van der Waals surface area contributed by atoms with Gasteiger partial charge >= 0.3 is 0 Å². The van der Waals surface area contributed by atoms with Crippen molar-refractivity contribution in [2.24, 2.45) is 0 Å². The molecule has 3 nitrogen and oxygen atoms in total. The van der Waals surface area contributed by atoms with Gasteiger partial charge in [-0.3, -0.25) is 0 Å². The van der Waals surface area contributed by atoms with E-state index in [2.05, 4.69) is 18.2 Å². The normalized spacial score (nSPS) is 10.0. The zero-order valence-electron chi connectivity index (χ0n) is 11.5. The molecule has 0 aromatic heterocycles. The molecule has 0 fully saturated rings. The van der Waals surface area contributed by atoms with E-state index in [1.165, 1.54) is 0 Å². The maximum atomic E-state index is 6.22. The number of ether oxygens (including phenoxy) is 2. The molecule has 0 saturated carbocycles. The van der Waals surface area contributed by atoms with E-state index in [9.17, 15) is 0 Å². The van der Waals surface area contributed by atoms with Crippen molar-refractivity contribution < 1.29 is 9.47 Å². The molecule has 0 unspecified atom stereocenters. The lowest BCUT2D eigenvalue weighted by atomic mass is 10.2. The molecule has 0 spiro atoms. The van der Waals surface area contributed by atoms with Crippen LogP contribution in [0.25, 0.3) is 0 Å². The van der Waals surface area contributed by atoms with Crippen molar-refractivity contribution in [3.63, 3.8) is 0 Å². The Morgan fingerprint density at radius 2 is 2.21 bits per heavy atom. The van der Waals surface area contributed by atoms with Gasteiger partial charge in [0.05, 0.1) is 18.7 Å². The molecule has 1 aromatic rings. The van der Waals surface area contributed by atoms with Crippen LogP contribution in [0.4, 0.5) is 0 Å². The molecule has 104 valence electrons. The number of benzene rings is 1. The molecule has 19 heavy (non-hydrogen) atoms. The fourth-order valence-corrected chi connectivity index (χ4v) is 1.92. The van der Waals surface area contributed by atoms with Gasteiger partial charge in [-0.05, 0) is 30.7 Å². The summed E-state index contributed by atoms with van der Waals surface area (Å²) < 4.78 is 10.9. The van der Waals surface area contributed by atoms with Crippen LogP contribution in [0.3, 0.4) is 0 Å². The van der Waals surface area contributed by atoms with E-state index in [4.69, 9.17) is 27.5 Å². The molecular weight excluding hydrogens is 262 g/mol. The van der Waals surface area contributed by atoms with Crippen LogP contribution in [0.2, 0.25) is 5.02 Å². The van der Waals surface area contributed by atoms with Gasteiger partial charge in [0.15, 0.2) is 11.5 Å². The SMILES string of the molecule is C#CCCOc1c(Cl)cc(CNCCC)cc1OC. The molecule has 0 saturated heterocycles. The first-order valence-corrected chi connectivity index (χ1v) is 6.74. The van der Waals surface area contributed by atoms with Crippen LogP contribution in [0.15, 0.2) is 12.1 Å². The fraction of sp³-hybridized carbons (Fsp3) is 0.467. The van der Waals surface area contributed by atoms with Crippen LogP contribution in [0.1, 0.15) is 25.3 Å². The summed E-state index contributed by atoms with van der Waals surface area (Å²) in [5.41, 5.74) is 1.07. The number of hydrogen-bond donors (Lipinski definition) is 1. The average molecular weight is 282 g/mol. The highest BCUT2D eigenvalue weighted by atomic mass is 35.5. The van der Waals surface area contributed by atoms with Gasteiger partial charge < -0.3 is 14.8 Å². The van der Waals surface area contributed by atoms with Gasteiger partial charge in [-0.25, -0.2) is 0 Å². The second-order valence-corrected chi connectivity index (χ2v) is 4.50. The Hall–Kier alpha value is -1.37. The molecule has 4 heteroatoms. The summed E-state index contributed by atoms with van der Waals surface area (Å²) >= 11 is 6.22. The predicted octanol–water partition coefficient (Wildman–Crippen LogP) is 3.25. The lowest BCUT2D eigenvalue weighted by Gasteiger charge is -2.14. The number of terminal acetylenes is 1. The third kappa shape index (κ3) is 5.02. The van der Waals surface area contributed by atoms with E-state index < -0.39 is 0 Å². The molecule has 0 radical (unpaired) electrons. The van der Waals surface area contributed by atoms with Crippen LogP contribution in [-0.2, 0) is 6.54 Å². The van der Waals surface area contributed by atoms with E-state index in [1.54, 1.807) is 7.11 Å². The summed E-state index contributed by atoms with van der Waals surface area (Å²) in [6.07, 6.45) is 6.83. The second kappa shape index (κ2) is 8.68. The molecule has 0 aliphatic heterocycles. The summed E-state index contributed by atoms with van der Waals surface area (Å²) in [6.45, 7) is 4.29. The second-order valence-electron chi connectivity index (χ2n) is 4.09. The Kier molecular flexibility index (Phi) is 7.17. The van der Waals surface area contributed by atoms with E-state index in [0.29, 0.717) is 29.5 Å². The first-order chi connectivity index (χ1) is 9.22. The van der Waals surface area contributed by atoms with E-state index in [0.717, 1.165) is 25.1 Å². The van der Waals surface area contributed by atoms with Crippen LogP contribution in [-0.4, -0.2) is 20.3 Å². The Morgan fingerprint density at radius 1 is 1.42 bits per heavy atom. The average Bonchev–Trinajstić information content (AvgIpc) is 2.41. The minimum atomic E-state index is 0.431. The molecule has 0 amide bonds. The minimum absolute atomic E-state index is 0.431. The quantitative estimate of drug-likeness (QED) is 0.586. The van der Waals surface area contributed by atoms with Crippen molar-refractivity contribution in [1.29, 1.82) is 0 Å². The summed E-state index contributed by atoms with van der Waals surface area (Å²) in [4.78, 5) is 0. The molecule has 1 rings (SSSR count). The lowest BCUT2D eigenvalue weighted by molar-refractivity contribution is 0.301. The minimum Gasteiger partial charge on any atom is -0.493 e. The number of halogens is 1. The number of methoxy groups -OCH3 is 1.